The second kappa shape index (κ2) is 5.22. The van der Waals surface area contributed by atoms with Crippen LogP contribution in [-0.4, -0.2) is 4.98 Å². The number of anilines is 1. The van der Waals surface area contributed by atoms with E-state index in [2.05, 4.69) is 16.8 Å². The monoisotopic (exact) mass is 280 g/mol. The highest BCUT2D eigenvalue weighted by Crippen LogP contribution is 2.16. The van der Waals surface area contributed by atoms with E-state index in [0.29, 0.717) is 11.3 Å². The van der Waals surface area contributed by atoms with Crippen LogP contribution >= 0.6 is 0 Å². The predicted octanol–water partition coefficient (Wildman–Crippen LogP) is 3.50. The number of nitrogens with zero attached hydrogens (tertiary/aromatic N) is 1. The zero-order valence-electron chi connectivity index (χ0n) is 10.9. The minimum atomic E-state index is -0.680. The molecular formula is C17H10F2N2. The van der Waals surface area contributed by atoms with Crippen LogP contribution in [0.25, 0.3) is 10.9 Å². The zero-order chi connectivity index (χ0) is 14.8. The summed E-state index contributed by atoms with van der Waals surface area (Å²) in [5.74, 6) is 3.87. The lowest BCUT2D eigenvalue weighted by atomic mass is 10.1. The highest BCUT2D eigenvalue weighted by Gasteiger charge is 2.04. The highest BCUT2D eigenvalue weighted by molar-refractivity contribution is 5.82. The average molecular weight is 280 g/mol. The van der Waals surface area contributed by atoms with Gasteiger partial charge in [-0.05, 0) is 36.4 Å². The second-order valence-corrected chi connectivity index (χ2v) is 4.52. The summed E-state index contributed by atoms with van der Waals surface area (Å²) >= 11 is 0. The number of rotatable bonds is 0. The van der Waals surface area contributed by atoms with Crippen molar-refractivity contribution in [3.8, 4) is 11.8 Å². The fourth-order valence-corrected chi connectivity index (χ4v) is 1.97. The van der Waals surface area contributed by atoms with Crippen LogP contribution in [0.2, 0.25) is 0 Å². The molecule has 0 aliphatic heterocycles. The van der Waals surface area contributed by atoms with E-state index in [9.17, 15) is 8.78 Å². The predicted molar refractivity (Wildman–Crippen MR) is 78.5 cm³/mol. The summed E-state index contributed by atoms with van der Waals surface area (Å²) < 4.78 is 27.0. The molecule has 2 N–H and O–H groups in total. The molecule has 0 radical (unpaired) electrons. The van der Waals surface area contributed by atoms with Crippen molar-refractivity contribution in [1.82, 2.24) is 4.98 Å². The van der Waals surface area contributed by atoms with Gasteiger partial charge in [-0.15, -0.1) is 0 Å². The molecule has 21 heavy (non-hydrogen) atoms. The molecule has 2 nitrogen and oxygen atoms in total. The lowest BCUT2D eigenvalue weighted by molar-refractivity contribution is 0.577. The van der Waals surface area contributed by atoms with Crippen molar-refractivity contribution in [2.75, 3.05) is 5.73 Å². The van der Waals surface area contributed by atoms with E-state index in [1.807, 2.05) is 0 Å². The van der Waals surface area contributed by atoms with Gasteiger partial charge in [-0.2, -0.15) is 0 Å². The first-order valence-electron chi connectivity index (χ1n) is 6.25. The van der Waals surface area contributed by atoms with Crippen molar-refractivity contribution in [2.24, 2.45) is 0 Å². The molecule has 0 saturated carbocycles. The average Bonchev–Trinajstić information content (AvgIpc) is 2.46. The molecule has 0 aliphatic carbocycles. The first-order chi connectivity index (χ1) is 10.1. The lowest BCUT2D eigenvalue weighted by Crippen LogP contribution is -1.89. The van der Waals surface area contributed by atoms with Crippen LogP contribution in [0.15, 0.2) is 48.7 Å². The third-order valence-electron chi connectivity index (χ3n) is 3.00. The Morgan fingerprint density at radius 3 is 2.48 bits per heavy atom. The van der Waals surface area contributed by atoms with Gasteiger partial charge in [-0.25, -0.2) is 8.78 Å². The van der Waals surface area contributed by atoms with E-state index in [1.54, 1.807) is 30.5 Å². The van der Waals surface area contributed by atoms with Gasteiger partial charge in [0, 0.05) is 22.8 Å². The Balaban J connectivity index is 2.05. The molecule has 0 spiro atoms. The van der Waals surface area contributed by atoms with Gasteiger partial charge >= 0.3 is 0 Å². The number of nitrogen functional groups attached to an aromatic ring is 1. The van der Waals surface area contributed by atoms with Crippen molar-refractivity contribution < 1.29 is 8.78 Å². The molecule has 0 amide bonds. The van der Waals surface area contributed by atoms with Gasteiger partial charge in [0.2, 0.25) is 0 Å². The summed E-state index contributed by atoms with van der Waals surface area (Å²) in [6.07, 6.45) is 1.56. The Kier molecular flexibility index (Phi) is 3.25. The van der Waals surface area contributed by atoms with Crippen LogP contribution in [0.1, 0.15) is 11.1 Å². The fourth-order valence-electron chi connectivity index (χ4n) is 1.97. The van der Waals surface area contributed by atoms with Crippen LogP contribution in [0.4, 0.5) is 14.5 Å². The van der Waals surface area contributed by atoms with Crippen molar-refractivity contribution >= 4 is 16.6 Å². The Hall–Kier alpha value is -2.93. The molecule has 0 atom stereocenters. The summed E-state index contributed by atoms with van der Waals surface area (Å²) in [6.45, 7) is 0. The smallest absolute Gasteiger partial charge is 0.141 e. The Labute approximate surface area is 120 Å². The van der Waals surface area contributed by atoms with Crippen LogP contribution in [-0.2, 0) is 0 Å². The zero-order valence-corrected chi connectivity index (χ0v) is 10.9. The maximum Gasteiger partial charge on any atom is 0.141 e. The molecule has 4 heteroatoms. The molecule has 1 heterocycles. The minimum Gasteiger partial charge on any atom is -0.399 e. The molecule has 1 aromatic heterocycles. The van der Waals surface area contributed by atoms with E-state index in [0.717, 1.165) is 10.9 Å². The molecule has 0 saturated heterocycles. The summed E-state index contributed by atoms with van der Waals surface area (Å²) in [4.78, 5) is 4.23. The summed E-state index contributed by atoms with van der Waals surface area (Å²) in [5, 5.41) is 0.829. The van der Waals surface area contributed by atoms with Gasteiger partial charge < -0.3 is 5.73 Å². The topological polar surface area (TPSA) is 38.9 Å². The van der Waals surface area contributed by atoms with E-state index in [1.165, 1.54) is 18.2 Å². The van der Waals surface area contributed by atoms with Crippen LogP contribution in [0.3, 0.4) is 0 Å². The van der Waals surface area contributed by atoms with E-state index in [4.69, 9.17) is 5.73 Å². The lowest BCUT2D eigenvalue weighted by Gasteiger charge is -1.99. The summed E-state index contributed by atoms with van der Waals surface area (Å²) in [6, 6.07) is 10.8. The number of pyridine rings is 1. The maximum atomic E-state index is 13.5. The Morgan fingerprint density at radius 2 is 1.71 bits per heavy atom. The second-order valence-electron chi connectivity index (χ2n) is 4.52. The van der Waals surface area contributed by atoms with Gasteiger partial charge in [-0.3, -0.25) is 4.98 Å². The van der Waals surface area contributed by atoms with Crippen LogP contribution in [0, 0.1) is 23.5 Å². The number of halogens is 2. The third-order valence-corrected chi connectivity index (χ3v) is 3.00. The molecule has 0 bridgehead atoms. The van der Waals surface area contributed by atoms with Gasteiger partial charge in [-0.1, -0.05) is 17.9 Å². The van der Waals surface area contributed by atoms with E-state index < -0.39 is 11.6 Å². The fraction of sp³-hybridized carbons (Fsp3) is 0. The number of benzene rings is 2. The molecule has 2 aromatic carbocycles. The minimum absolute atomic E-state index is 0.245. The van der Waals surface area contributed by atoms with Crippen molar-refractivity contribution in [2.45, 2.75) is 0 Å². The Bertz CT molecular complexity index is 872. The number of hydrogen-bond donors (Lipinski definition) is 1. The van der Waals surface area contributed by atoms with Gasteiger partial charge in [0.1, 0.15) is 11.6 Å². The van der Waals surface area contributed by atoms with Crippen molar-refractivity contribution in [3.63, 3.8) is 0 Å². The number of nitrogens with two attached hydrogens (primary N) is 1. The van der Waals surface area contributed by atoms with E-state index >= 15 is 0 Å². The standard InChI is InChI=1S/C17H10F2N2/c18-15-2-1-3-16(19)14(15)6-4-11-8-12-9-13(20)5-7-17(12)21-10-11/h1-3,5,7-10H,20H2. The summed E-state index contributed by atoms with van der Waals surface area (Å²) in [7, 11) is 0. The normalized spacial score (nSPS) is 10.2. The first-order valence-corrected chi connectivity index (χ1v) is 6.25. The molecule has 3 rings (SSSR count). The van der Waals surface area contributed by atoms with Gasteiger partial charge in [0.05, 0.1) is 11.1 Å². The quantitative estimate of drug-likeness (QED) is 0.505. The maximum absolute atomic E-state index is 13.5. The van der Waals surface area contributed by atoms with E-state index in [-0.39, 0.29) is 5.56 Å². The van der Waals surface area contributed by atoms with Crippen molar-refractivity contribution in [1.29, 1.82) is 0 Å². The number of hydrogen-bond acceptors (Lipinski definition) is 2. The van der Waals surface area contributed by atoms with Gasteiger partial charge in [0.25, 0.3) is 0 Å². The SMILES string of the molecule is Nc1ccc2ncc(C#Cc3c(F)cccc3F)cc2c1. The first kappa shape index (κ1) is 13.1. The molecular weight excluding hydrogens is 270 g/mol. The molecule has 0 fully saturated rings. The van der Waals surface area contributed by atoms with Crippen LogP contribution < -0.4 is 5.73 Å². The third kappa shape index (κ3) is 2.67. The Morgan fingerprint density at radius 1 is 0.952 bits per heavy atom. The van der Waals surface area contributed by atoms with Crippen LogP contribution in [0.5, 0.6) is 0 Å². The number of aromatic nitrogens is 1. The molecule has 0 unspecified atom stereocenters. The highest BCUT2D eigenvalue weighted by atomic mass is 19.1. The van der Waals surface area contributed by atoms with Gasteiger partial charge in [0.15, 0.2) is 0 Å². The number of fused-ring (bicyclic) bond motifs is 1. The molecule has 3 aromatic rings. The molecule has 102 valence electrons. The molecule has 0 aliphatic rings. The largest absolute Gasteiger partial charge is 0.399 e. The van der Waals surface area contributed by atoms with Crippen molar-refractivity contribution in [3.05, 3.63) is 71.4 Å². The summed E-state index contributed by atoms with van der Waals surface area (Å²) in [5.41, 5.74) is 7.44.